The van der Waals surface area contributed by atoms with Crippen LogP contribution in [0.1, 0.15) is 32.2 Å². The van der Waals surface area contributed by atoms with E-state index in [2.05, 4.69) is 4.98 Å². The van der Waals surface area contributed by atoms with Crippen molar-refractivity contribution in [2.75, 3.05) is 13.2 Å². The Morgan fingerprint density at radius 2 is 1.79 bits per heavy atom. The zero-order valence-corrected chi connectivity index (χ0v) is 19.0. The Bertz CT molecular complexity index is 1390. The fourth-order valence-electron chi connectivity index (χ4n) is 4.18. The number of esters is 1. The maximum absolute atomic E-state index is 12.9. The van der Waals surface area contributed by atoms with E-state index in [0.29, 0.717) is 30.0 Å². The molecule has 172 valence electrons. The van der Waals surface area contributed by atoms with Crippen molar-refractivity contribution in [1.29, 1.82) is 0 Å². The van der Waals surface area contributed by atoms with Crippen LogP contribution < -0.4 is 9.47 Å². The number of pyridine rings is 1. The number of para-hydroxylation sites is 3. The fraction of sp³-hybridized carbons (Fsp3) is 0.222. The molecule has 0 amide bonds. The SMILES string of the molecule is Cc1cc(C(=O)COC(=O)c2ccc3ccccc3n2)c(C)n1C[C@@H]1COc2ccccc2O1. The summed E-state index contributed by atoms with van der Waals surface area (Å²) < 4.78 is 19.2. The van der Waals surface area contributed by atoms with E-state index < -0.39 is 5.97 Å². The minimum atomic E-state index is -0.626. The molecule has 7 nitrogen and oxygen atoms in total. The van der Waals surface area contributed by atoms with Gasteiger partial charge < -0.3 is 18.8 Å². The lowest BCUT2D eigenvalue weighted by Gasteiger charge is -2.27. The molecule has 0 saturated heterocycles. The number of nitrogens with zero attached hydrogens (tertiary/aromatic N) is 2. The first-order valence-electron chi connectivity index (χ1n) is 11.1. The summed E-state index contributed by atoms with van der Waals surface area (Å²) in [5.41, 5.74) is 3.11. The van der Waals surface area contributed by atoms with Crippen molar-refractivity contribution in [3.05, 3.63) is 89.4 Å². The molecule has 7 heteroatoms. The summed E-state index contributed by atoms with van der Waals surface area (Å²) in [4.78, 5) is 29.7. The van der Waals surface area contributed by atoms with Crippen LogP contribution in [-0.4, -0.2) is 40.6 Å². The van der Waals surface area contributed by atoms with Crippen LogP contribution in [0.25, 0.3) is 10.9 Å². The van der Waals surface area contributed by atoms with Crippen LogP contribution in [0.4, 0.5) is 0 Å². The van der Waals surface area contributed by atoms with Gasteiger partial charge in [0.25, 0.3) is 0 Å². The summed E-state index contributed by atoms with van der Waals surface area (Å²) in [6.45, 7) is 4.43. The van der Waals surface area contributed by atoms with Crippen LogP contribution in [0.15, 0.2) is 66.7 Å². The number of hydrogen-bond donors (Lipinski definition) is 0. The first-order chi connectivity index (χ1) is 16.5. The highest BCUT2D eigenvalue weighted by molar-refractivity contribution is 6.00. The molecule has 1 aliphatic heterocycles. The minimum Gasteiger partial charge on any atom is -0.486 e. The predicted octanol–water partition coefficient (Wildman–Crippen LogP) is 4.53. The van der Waals surface area contributed by atoms with Crippen molar-refractivity contribution in [1.82, 2.24) is 9.55 Å². The van der Waals surface area contributed by atoms with Crippen molar-refractivity contribution in [2.45, 2.75) is 26.5 Å². The lowest BCUT2D eigenvalue weighted by Crippen LogP contribution is -2.33. The Labute approximate surface area is 196 Å². The van der Waals surface area contributed by atoms with E-state index in [1.807, 2.05) is 79.1 Å². The Balaban J connectivity index is 1.25. The molecule has 0 spiro atoms. The molecule has 0 radical (unpaired) electrons. The molecule has 0 bridgehead atoms. The Morgan fingerprint density at radius 1 is 1.03 bits per heavy atom. The number of ketones is 1. The van der Waals surface area contributed by atoms with E-state index in [1.54, 1.807) is 6.07 Å². The number of ether oxygens (including phenoxy) is 3. The molecule has 0 unspecified atom stereocenters. The van der Waals surface area contributed by atoms with Crippen molar-refractivity contribution in [3.63, 3.8) is 0 Å². The van der Waals surface area contributed by atoms with E-state index in [1.165, 1.54) is 0 Å². The first kappa shape index (κ1) is 21.7. The maximum atomic E-state index is 12.9. The molecule has 5 rings (SSSR count). The number of Topliss-reactive ketones (excluding diaryl/α,β-unsaturated/α-hetero) is 1. The van der Waals surface area contributed by atoms with Gasteiger partial charge in [-0.25, -0.2) is 9.78 Å². The van der Waals surface area contributed by atoms with Gasteiger partial charge in [0.2, 0.25) is 5.78 Å². The minimum absolute atomic E-state index is 0.173. The third-order valence-electron chi connectivity index (χ3n) is 5.97. The lowest BCUT2D eigenvalue weighted by atomic mass is 10.1. The van der Waals surface area contributed by atoms with Gasteiger partial charge >= 0.3 is 5.97 Å². The zero-order valence-electron chi connectivity index (χ0n) is 19.0. The second kappa shape index (κ2) is 9.02. The predicted molar refractivity (Wildman–Crippen MR) is 127 cm³/mol. The van der Waals surface area contributed by atoms with Gasteiger partial charge in [-0.3, -0.25) is 4.79 Å². The molecular formula is C27H24N2O5. The van der Waals surface area contributed by atoms with Gasteiger partial charge in [0.1, 0.15) is 12.3 Å². The number of fused-ring (bicyclic) bond motifs is 2. The van der Waals surface area contributed by atoms with Gasteiger partial charge in [0.15, 0.2) is 24.2 Å². The molecule has 1 atom stereocenters. The van der Waals surface area contributed by atoms with Crippen molar-refractivity contribution < 1.29 is 23.8 Å². The number of benzene rings is 2. The molecule has 2 aromatic carbocycles. The smallest absolute Gasteiger partial charge is 0.357 e. The Morgan fingerprint density at radius 3 is 2.65 bits per heavy atom. The number of aromatic nitrogens is 2. The van der Waals surface area contributed by atoms with E-state index in [0.717, 1.165) is 22.5 Å². The third kappa shape index (κ3) is 4.24. The Kier molecular flexibility index (Phi) is 5.76. The van der Waals surface area contributed by atoms with E-state index in [9.17, 15) is 9.59 Å². The number of hydrogen-bond acceptors (Lipinski definition) is 6. The highest BCUT2D eigenvalue weighted by Crippen LogP contribution is 2.31. The lowest BCUT2D eigenvalue weighted by molar-refractivity contribution is 0.0469. The number of carbonyl (C=O) groups excluding carboxylic acids is 2. The van der Waals surface area contributed by atoms with Gasteiger partial charge in [0, 0.05) is 22.3 Å². The molecule has 0 fully saturated rings. The summed E-state index contributed by atoms with van der Waals surface area (Å²) >= 11 is 0. The van der Waals surface area contributed by atoms with Crippen LogP contribution in [0.2, 0.25) is 0 Å². The molecule has 4 aromatic rings. The van der Waals surface area contributed by atoms with Gasteiger partial charge in [-0.1, -0.05) is 36.4 Å². The second-order valence-electron chi connectivity index (χ2n) is 8.28. The zero-order chi connectivity index (χ0) is 23.7. The normalized spacial score (nSPS) is 14.7. The molecule has 1 aliphatic rings. The molecular weight excluding hydrogens is 432 g/mol. The van der Waals surface area contributed by atoms with Crippen LogP contribution in [0.5, 0.6) is 11.5 Å². The van der Waals surface area contributed by atoms with Crippen LogP contribution in [0.3, 0.4) is 0 Å². The van der Waals surface area contributed by atoms with Crippen molar-refractivity contribution in [3.8, 4) is 11.5 Å². The monoisotopic (exact) mass is 456 g/mol. The number of aryl methyl sites for hydroxylation is 1. The van der Waals surface area contributed by atoms with Gasteiger partial charge in [-0.2, -0.15) is 0 Å². The highest BCUT2D eigenvalue weighted by Gasteiger charge is 2.24. The summed E-state index contributed by atoms with van der Waals surface area (Å²) in [5, 5.41) is 0.929. The maximum Gasteiger partial charge on any atom is 0.357 e. The van der Waals surface area contributed by atoms with Crippen LogP contribution >= 0.6 is 0 Å². The highest BCUT2D eigenvalue weighted by atomic mass is 16.6. The topological polar surface area (TPSA) is 79.7 Å². The molecule has 3 heterocycles. The quantitative estimate of drug-likeness (QED) is 0.313. The standard InChI is InChI=1S/C27H24N2O5/c1-17-13-21(18(2)29(17)14-20-15-32-25-9-5-6-10-26(25)34-20)24(30)16-33-27(31)23-12-11-19-7-3-4-8-22(19)28-23/h3-13,20H,14-16H2,1-2H3/t20-/m1/s1. The van der Waals surface area contributed by atoms with E-state index >= 15 is 0 Å². The third-order valence-corrected chi connectivity index (χ3v) is 5.97. The fourth-order valence-corrected chi connectivity index (χ4v) is 4.18. The van der Waals surface area contributed by atoms with Gasteiger partial charge in [0.05, 0.1) is 12.1 Å². The largest absolute Gasteiger partial charge is 0.486 e. The number of rotatable bonds is 6. The summed E-state index contributed by atoms with van der Waals surface area (Å²) in [7, 11) is 0. The average Bonchev–Trinajstić information content (AvgIpc) is 3.15. The van der Waals surface area contributed by atoms with E-state index in [4.69, 9.17) is 14.2 Å². The van der Waals surface area contributed by atoms with Crippen LogP contribution in [-0.2, 0) is 11.3 Å². The summed E-state index contributed by atoms with van der Waals surface area (Å²) in [6, 6.07) is 20.3. The van der Waals surface area contributed by atoms with Crippen LogP contribution in [0, 0.1) is 13.8 Å². The van der Waals surface area contributed by atoms with E-state index in [-0.39, 0.29) is 24.2 Å². The first-order valence-corrected chi connectivity index (χ1v) is 11.1. The molecule has 2 aromatic heterocycles. The average molecular weight is 456 g/mol. The van der Waals surface area contributed by atoms with Crippen molar-refractivity contribution >= 4 is 22.7 Å². The van der Waals surface area contributed by atoms with Gasteiger partial charge in [-0.05, 0) is 44.2 Å². The van der Waals surface area contributed by atoms with Gasteiger partial charge in [-0.15, -0.1) is 0 Å². The van der Waals surface area contributed by atoms with Crippen molar-refractivity contribution in [2.24, 2.45) is 0 Å². The molecule has 0 N–H and O–H groups in total. The molecule has 0 saturated carbocycles. The number of carbonyl (C=O) groups is 2. The molecule has 0 aliphatic carbocycles. The second-order valence-corrected chi connectivity index (χ2v) is 8.28. The Hall–Kier alpha value is -4.13. The summed E-state index contributed by atoms with van der Waals surface area (Å²) in [6.07, 6.45) is -0.181. The summed E-state index contributed by atoms with van der Waals surface area (Å²) in [5.74, 6) is 0.559. The molecule has 34 heavy (non-hydrogen) atoms.